The average molecular weight is 381 g/mol. The Morgan fingerprint density at radius 1 is 0.333 bits per heavy atom. The van der Waals surface area contributed by atoms with Crippen molar-refractivity contribution in [2.45, 2.75) is 169 Å². The van der Waals surface area contributed by atoms with Crippen LogP contribution in [0.5, 0.6) is 0 Å². The first-order valence-corrected chi connectivity index (χ1v) is 13.2. The first-order chi connectivity index (χ1) is 13.2. The zero-order valence-corrected chi connectivity index (χ0v) is 20.1. The van der Waals surface area contributed by atoms with Crippen molar-refractivity contribution < 1.29 is 0 Å². The van der Waals surface area contributed by atoms with Crippen molar-refractivity contribution in [2.24, 2.45) is 5.41 Å². The Balaban J connectivity index is 3.35. The summed E-state index contributed by atoms with van der Waals surface area (Å²) in [5.74, 6) is 0. The minimum absolute atomic E-state index is 0.673. The van der Waals surface area contributed by atoms with Crippen LogP contribution in [0.15, 0.2) is 0 Å². The molecule has 0 heterocycles. The highest BCUT2D eigenvalue weighted by atomic mass is 14.3. The van der Waals surface area contributed by atoms with E-state index >= 15 is 0 Å². The molecule has 0 saturated carbocycles. The largest absolute Gasteiger partial charge is 0.0654 e. The van der Waals surface area contributed by atoms with Crippen LogP contribution in [0.2, 0.25) is 0 Å². The molecule has 0 radical (unpaired) electrons. The molecule has 0 aliphatic carbocycles. The zero-order chi connectivity index (χ0) is 20.1. The van der Waals surface area contributed by atoms with Crippen LogP contribution in [0, 0.1) is 5.41 Å². The van der Waals surface area contributed by atoms with Crippen molar-refractivity contribution in [2.75, 3.05) is 0 Å². The molecule has 0 amide bonds. The molecule has 0 nitrogen and oxygen atoms in total. The molecule has 0 spiro atoms. The van der Waals surface area contributed by atoms with Crippen LogP contribution in [0.25, 0.3) is 0 Å². The Kier molecular flexibility index (Phi) is 20.7. The summed E-state index contributed by atoms with van der Waals surface area (Å²) in [4.78, 5) is 0. The van der Waals surface area contributed by atoms with Crippen molar-refractivity contribution in [3.05, 3.63) is 0 Å². The summed E-state index contributed by atoms with van der Waals surface area (Å²) in [6.07, 6.45) is 32.1. The zero-order valence-electron chi connectivity index (χ0n) is 20.1. The van der Waals surface area contributed by atoms with Crippen molar-refractivity contribution in [1.29, 1.82) is 0 Å². The van der Waals surface area contributed by atoms with Crippen molar-refractivity contribution >= 4 is 0 Å². The van der Waals surface area contributed by atoms with Crippen LogP contribution >= 0.6 is 0 Å². The number of hydrogen-bond acceptors (Lipinski definition) is 0. The molecule has 0 N–H and O–H groups in total. The summed E-state index contributed by atoms with van der Waals surface area (Å²) in [6.45, 7) is 9.49. The molecule has 0 saturated heterocycles. The van der Waals surface area contributed by atoms with Gasteiger partial charge in [0.25, 0.3) is 0 Å². The fraction of sp³-hybridized carbons (Fsp3) is 1.00. The SMILES string of the molecule is CCCCCCCCCCCCCCCCCCC(CC)(CC)CCCC. The second-order valence-electron chi connectivity index (χ2n) is 9.36. The lowest BCUT2D eigenvalue weighted by molar-refractivity contribution is 0.204. The first kappa shape index (κ1) is 27.0. The first-order valence-electron chi connectivity index (χ1n) is 13.2. The molecular weight excluding hydrogens is 324 g/mol. The Hall–Kier alpha value is 0. The van der Waals surface area contributed by atoms with E-state index in [9.17, 15) is 0 Å². The normalized spacial score (nSPS) is 12.0. The molecule has 164 valence electrons. The maximum Gasteiger partial charge on any atom is -0.0303 e. The van der Waals surface area contributed by atoms with Crippen molar-refractivity contribution in [1.82, 2.24) is 0 Å². The maximum atomic E-state index is 2.42. The standard InChI is InChI=1S/C27H56/c1-5-9-11-12-13-14-15-16-17-18-19-20-21-22-23-24-26-27(7-3,8-4)25-10-6-2/h5-26H2,1-4H3. The monoisotopic (exact) mass is 380 g/mol. The molecule has 0 aliphatic rings. The summed E-state index contributed by atoms with van der Waals surface area (Å²) < 4.78 is 0. The highest BCUT2D eigenvalue weighted by molar-refractivity contribution is 4.76. The van der Waals surface area contributed by atoms with E-state index in [1.807, 2.05) is 0 Å². The van der Waals surface area contributed by atoms with E-state index in [0.29, 0.717) is 5.41 Å². The molecule has 0 bridgehead atoms. The summed E-state index contributed by atoms with van der Waals surface area (Å²) in [7, 11) is 0. The summed E-state index contributed by atoms with van der Waals surface area (Å²) in [5, 5.41) is 0. The van der Waals surface area contributed by atoms with Crippen LogP contribution in [0.4, 0.5) is 0 Å². The number of rotatable bonds is 22. The topological polar surface area (TPSA) is 0 Å². The van der Waals surface area contributed by atoms with E-state index in [1.165, 1.54) is 141 Å². The van der Waals surface area contributed by atoms with Gasteiger partial charge >= 0.3 is 0 Å². The van der Waals surface area contributed by atoms with Gasteiger partial charge in [0.15, 0.2) is 0 Å². The highest BCUT2D eigenvalue weighted by Crippen LogP contribution is 2.38. The van der Waals surface area contributed by atoms with Gasteiger partial charge in [0.05, 0.1) is 0 Å². The molecule has 0 aromatic heterocycles. The third kappa shape index (κ3) is 16.6. The van der Waals surface area contributed by atoms with E-state index in [-0.39, 0.29) is 0 Å². The smallest absolute Gasteiger partial charge is 0.0303 e. The van der Waals surface area contributed by atoms with Gasteiger partial charge in [0.2, 0.25) is 0 Å². The van der Waals surface area contributed by atoms with Crippen LogP contribution in [0.3, 0.4) is 0 Å². The molecular formula is C27H56. The van der Waals surface area contributed by atoms with Gasteiger partial charge in [0, 0.05) is 0 Å². The Labute approximate surface area is 174 Å². The quantitative estimate of drug-likeness (QED) is 0.164. The molecule has 0 unspecified atom stereocenters. The van der Waals surface area contributed by atoms with Gasteiger partial charge in [-0.15, -0.1) is 0 Å². The highest BCUT2D eigenvalue weighted by Gasteiger charge is 2.24. The molecule has 0 fully saturated rings. The van der Waals surface area contributed by atoms with Crippen molar-refractivity contribution in [3.8, 4) is 0 Å². The minimum atomic E-state index is 0.673. The van der Waals surface area contributed by atoms with Crippen LogP contribution < -0.4 is 0 Å². The Morgan fingerprint density at radius 3 is 0.963 bits per heavy atom. The molecule has 0 aliphatic heterocycles. The number of unbranched alkanes of at least 4 members (excludes halogenated alkanes) is 16. The fourth-order valence-electron chi connectivity index (χ4n) is 4.68. The predicted octanol–water partition coefficient (Wildman–Crippen LogP) is 10.6. The van der Waals surface area contributed by atoms with Gasteiger partial charge < -0.3 is 0 Å². The van der Waals surface area contributed by atoms with Gasteiger partial charge in [-0.25, -0.2) is 0 Å². The van der Waals surface area contributed by atoms with Gasteiger partial charge in [-0.05, 0) is 18.3 Å². The number of hydrogen-bond donors (Lipinski definition) is 0. The molecule has 0 aromatic rings. The average Bonchev–Trinajstić information content (AvgIpc) is 2.70. The fourth-order valence-corrected chi connectivity index (χ4v) is 4.68. The van der Waals surface area contributed by atoms with Gasteiger partial charge in [-0.1, -0.05) is 156 Å². The van der Waals surface area contributed by atoms with E-state index in [0.717, 1.165) is 0 Å². The predicted molar refractivity (Wildman–Crippen MR) is 127 cm³/mol. The lowest BCUT2D eigenvalue weighted by Crippen LogP contribution is -2.18. The van der Waals surface area contributed by atoms with Crippen LogP contribution in [0.1, 0.15) is 169 Å². The van der Waals surface area contributed by atoms with E-state index in [2.05, 4.69) is 27.7 Å². The van der Waals surface area contributed by atoms with E-state index in [1.54, 1.807) is 0 Å². The molecule has 0 heteroatoms. The maximum absolute atomic E-state index is 2.42. The third-order valence-electron chi connectivity index (χ3n) is 7.12. The summed E-state index contributed by atoms with van der Waals surface area (Å²) in [5.41, 5.74) is 0.673. The second kappa shape index (κ2) is 20.7. The van der Waals surface area contributed by atoms with Gasteiger partial charge in [-0.3, -0.25) is 0 Å². The Bertz CT molecular complexity index is 263. The summed E-state index contributed by atoms with van der Waals surface area (Å²) >= 11 is 0. The second-order valence-corrected chi connectivity index (χ2v) is 9.36. The minimum Gasteiger partial charge on any atom is -0.0654 e. The van der Waals surface area contributed by atoms with Crippen LogP contribution in [-0.2, 0) is 0 Å². The van der Waals surface area contributed by atoms with Crippen molar-refractivity contribution in [3.63, 3.8) is 0 Å². The molecule has 0 atom stereocenters. The van der Waals surface area contributed by atoms with E-state index < -0.39 is 0 Å². The summed E-state index contributed by atoms with van der Waals surface area (Å²) in [6, 6.07) is 0. The van der Waals surface area contributed by atoms with E-state index in [4.69, 9.17) is 0 Å². The van der Waals surface area contributed by atoms with Gasteiger partial charge in [0.1, 0.15) is 0 Å². The Morgan fingerprint density at radius 2 is 0.630 bits per heavy atom. The molecule has 0 rings (SSSR count). The van der Waals surface area contributed by atoms with Gasteiger partial charge in [-0.2, -0.15) is 0 Å². The lowest BCUT2D eigenvalue weighted by atomic mass is 9.74. The third-order valence-corrected chi connectivity index (χ3v) is 7.12. The molecule has 0 aromatic carbocycles. The molecule has 27 heavy (non-hydrogen) atoms. The lowest BCUT2D eigenvalue weighted by Gasteiger charge is -2.32. The van der Waals surface area contributed by atoms with Crippen LogP contribution in [-0.4, -0.2) is 0 Å².